The fraction of sp³-hybridized carbons (Fsp3) is 0.562. The molecule has 0 aromatic heterocycles. The number of aryl methyl sites for hydroxylation is 2. The number of hydrogen-bond donors (Lipinski definition) is 1. The number of likely N-dealkylation sites (tertiary alicyclic amines) is 1. The molecule has 3 nitrogen and oxygen atoms in total. The second kappa shape index (κ2) is 4.97. The third-order valence-electron chi connectivity index (χ3n) is 4.60. The molecule has 0 saturated carbocycles. The molecule has 1 amide bonds. The van der Waals surface area contributed by atoms with Gasteiger partial charge < -0.3 is 10.6 Å². The van der Waals surface area contributed by atoms with Gasteiger partial charge in [0.05, 0.1) is 0 Å². The van der Waals surface area contributed by atoms with Gasteiger partial charge in [-0.15, -0.1) is 0 Å². The van der Waals surface area contributed by atoms with Crippen molar-refractivity contribution in [1.29, 1.82) is 0 Å². The summed E-state index contributed by atoms with van der Waals surface area (Å²) in [5.41, 5.74) is 9.66. The van der Waals surface area contributed by atoms with E-state index in [2.05, 4.69) is 19.1 Å². The maximum Gasteiger partial charge on any atom is 0.253 e. The number of carbonyl (C=O) groups is 1. The summed E-state index contributed by atoms with van der Waals surface area (Å²) in [5, 5.41) is 0. The Morgan fingerprint density at radius 1 is 1.32 bits per heavy atom. The van der Waals surface area contributed by atoms with Crippen LogP contribution >= 0.6 is 0 Å². The van der Waals surface area contributed by atoms with Gasteiger partial charge in [-0.3, -0.25) is 4.79 Å². The van der Waals surface area contributed by atoms with Crippen molar-refractivity contribution >= 4 is 5.91 Å². The Balaban J connectivity index is 1.77. The summed E-state index contributed by atoms with van der Waals surface area (Å²) >= 11 is 0. The zero-order chi connectivity index (χ0) is 13.4. The molecule has 19 heavy (non-hydrogen) atoms. The normalized spacial score (nSPS) is 26.3. The number of carbonyl (C=O) groups excluding carboxylic acids is 1. The van der Waals surface area contributed by atoms with E-state index < -0.39 is 0 Å². The van der Waals surface area contributed by atoms with Gasteiger partial charge in [0, 0.05) is 24.7 Å². The molecule has 1 aromatic carbocycles. The predicted molar refractivity (Wildman–Crippen MR) is 76.1 cm³/mol. The summed E-state index contributed by atoms with van der Waals surface area (Å²) in [6.45, 7) is 3.71. The first-order chi connectivity index (χ1) is 9.15. The van der Waals surface area contributed by atoms with Crippen molar-refractivity contribution in [3.63, 3.8) is 0 Å². The molecule has 1 fully saturated rings. The van der Waals surface area contributed by atoms with E-state index in [1.54, 1.807) is 0 Å². The highest BCUT2D eigenvalue weighted by Crippen LogP contribution is 2.24. The molecular formula is C16H22N2O. The minimum Gasteiger partial charge on any atom is -0.338 e. The van der Waals surface area contributed by atoms with E-state index >= 15 is 0 Å². The van der Waals surface area contributed by atoms with Crippen LogP contribution in [0.3, 0.4) is 0 Å². The third-order valence-corrected chi connectivity index (χ3v) is 4.60. The second-order valence-electron chi connectivity index (χ2n) is 6.02. The van der Waals surface area contributed by atoms with Gasteiger partial charge in [-0.05, 0) is 54.9 Å². The number of rotatable bonds is 1. The van der Waals surface area contributed by atoms with Crippen LogP contribution in [0, 0.1) is 5.92 Å². The van der Waals surface area contributed by atoms with E-state index in [-0.39, 0.29) is 11.9 Å². The van der Waals surface area contributed by atoms with Gasteiger partial charge >= 0.3 is 0 Å². The molecule has 1 saturated heterocycles. The molecule has 3 heteroatoms. The molecule has 2 unspecified atom stereocenters. The molecule has 1 aromatic rings. The standard InChI is InChI=1S/C16H22N2O/c1-11-10-18(8-7-15(11)17)16(19)14-6-5-12-3-2-4-13(12)9-14/h5-6,9,11,15H,2-4,7-8,10,17H2,1H3. The van der Waals surface area contributed by atoms with E-state index in [9.17, 15) is 4.79 Å². The molecule has 2 N–H and O–H groups in total. The highest BCUT2D eigenvalue weighted by molar-refractivity contribution is 5.94. The zero-order valence-electron chi connectivity index (χ0n) is 11.6. The monoisotopic (exact) mass is 258 g/mol. The average molecular weight is 258 g/mol. The van der Waals surface area contributed by atoms with Gasteiger partial charge in [-0.1, -0.05) is 13.0 Å². The molecule has 102 valence electrons. The van der Waals surface area contributed by atoms with Crippen molar-refractivity contribution in [2.45, 2.75) is 38.6 Å². The molecular weight excluding hydrogens is 236 g/mol. The zero-order valence-corrected chi connectivity index (χ0v) is 11.6. The summed E-state index contributed by atoms with van der Waals surface area (Å²) in [4.78, 5) is 14.5. The smallest absolute Gasteiger partial charge is 0.253 e. The Labute approximate surface area is 114 Å². The van der Waals surface area contributed by atoms with Gasteiger partial charge in [-0.2, -0.15) is 0 Å². The molecule has 2 atom stereocenters. The van der Waals surface area contributed by atoms with E-state index in [4.69, 9.17) is 5.73 Å². The van der Waals surface area contributed by atoms with Gasteiger partial charge in [0.15, 0.2) is 0 Å². The SMILES string of the molecule is CC1CN(C(=O)c2ccc3c(c2)CCC3)CCC1N. The molecule has 1 aliphatic heterocycles. The lowest BCUT2D eigenvalue weighted by Crippen LogP contribution is -2.48. The molecule has 1 aliphatic carbocycles. The molecule has 0 spiro atoms. The maximum absolute atomic E-state index is 12.5. The highest BCUT2D eigenvalue weighted by atomic mass is 16.2. The topological polar surface area (TPSA) is 46.3 Å². The van der Waals surface area contributed by atoms with Crippen molar-refractivity contribution in [3.8, 4) is 0 Å². The van der Waals surface area contributed by atoms with Crippen LogP contribution in [0.1, 0.15) is 41.3 Å². The number of nitrogens with two attached hydrogens (primary N) is 1. The average Bonchev–Trinajstić information content (AvgIpc) is 2.88. The Bertz CT molecular complexity index is 498. The number of hydrogen-bond acceptors (Lipinski definition) is 2. The number of benzene rings is 1. The summed E-state index contributed by atoms with van der Waals surface area (Å²) in [7, 11) is 0. The Morgan fingerprint density at radius 3 is 2.89 bits per heavy atom. The quantitative estimate of drug-likeness (QED) is 0.837. The van der Waals surface area contributed by atoms with Crippen LogP contribution in [0.25, 0.3) is 0 Å². The first kappa shape index (κ1) is 12.7. The van der Waals surface area contributed by atoms with Crippen LogP contribution in [0.4, 0.5) is 0 Å². The number of piperidine rings is 1. The van der Waals surface area contributed by atoms with E-state index in [1.165, 1.54) is 24.0 Å². The van der Waals surface area contributed by atoms with Crippen LogP contribution < -0.4 is 5.73 Å². The third kappa shape index (κ3) is 2.39. The number of nitrogens with zero attached hydrogens (tertiary/aromatic N) is 1. The molecule has 2 aliphatic rings. The molecule has 0 bridgehead atoms. The summed E-state index contributed by atoms with van der Waals surface area (Å²) < 4.78 is 0. The van der Waals surface area contributed by atoms with E-state index in [1.807, 2.05) is 11.0 Å². The number of fused-ring (bicyclic) bond motifs is 1. The van der Waals surface area contributed by atoms with Crippen molar-refractivity contribution in [2.75, 3.05) is 13.1 Å². The molecule has 0 radical (unpaired) electrons. The van der Waals surface area contributed by atoms with E-state index in [0.717, 1.165) is 31.5 Å². The lowest BCUT2D eigenvalue weighted by molar-refractivity contribution is 0.0664. The molecule has 1 heterocycles. The Morgan fingerprint density at radius 2 is 2.11 bits per heavy atom. The summed E-state index contributed by atoms with van der Waals surface area (Å²) in [6.07, 6.45) is 4.43. The lowest BCUT2D eigenvalue weighted by atomic mass is 9.94. The summed E-state index contributed by atoms with van der Waals surface area (Å²) in [6, 6.07) is 6.47. The van der Waals surface area contributed by atoms with Crippen LogP contribution in [0.5, 0.6) is 0 Å². The van der Waals surface area contributed by atoms with E-state index in [0.29, 0.717) is 5.92 Å². The summed E-state index contributed by atoms with van der Waals surface area (Å²) in [5.74, 6) is 0.570. The van der Waals surface area contributed by atoms with Gasteiger partial charge in [0.1, 0.15) is 0 Å². The lowest BCUT2D eigenvalue weighted by Gasteiger charge is -2.35. The second-order valence-corrected chi connectivity index (χ2v) is 6.02. The molecule has 3 rings (SSSR count). The Kier molecular flexibility index (Phi) is 3.31. The van der Waals surface area contributed by atoms with Crippen LogP contribution in [0.2, 0.25) is 0 Å². The fourth-order valence-corrected chi connectivity index (χ4v) is 3.24. The maximum atomic E-state index is 12.5. The van der Waals surface area contributed by atoms with Crippen LogP contribution in [-0.2, 0) is 12.8 Å². The van der Waals surface area contributed by atoms with Gasteiger partial charge in [0.2, 0.25) is 0 Å². The largest absolute Gasteiger partial charge is 0.338 e. The first-order valence-corrected chi connectivity index (χ1v) is 7.32. The predicted octanol–water partition coefficient (Wildman–Crippen LogP) is 1.98. The van der Waals surface area contributed by atoms with Crippen molar-refractivity contribution < 1.29 is 4.79 Å². The van der Waals surface area contributed by atoms with Crippen molar-refractivity contribution in [1.82, 2.24) is 4.90 Å². The van der Waals surface area contributed by atoms with Crippen LogP contribution in [-0.4, -0.2) is 29.9 Å². The van der Waals surface area contributed by atoms with Gasteiger partial charge in [0.25, 0.3) is 5.91 Å². The number of amides is 1. The van der Waals surface area contributed by atoms with Crippen molar-refractivity contribution in [3.05, 3.63) is 34.9 Å². The first-order valence-electron chi connectivity index (χ1n) is 7.32. The van der Waals surface area contributed by atoms with Crippen LogP contribution in [0.15, 0.2) is 18.2 Å². The van der Waals surface area contributed by atoms with Gasteiger partial charge in [-0.25, -0.2) is 0 Å². The Hall–Kier alpha value is -1.35. The fourth-order valence-electron chi connectivity index (χ4n) is 3.24. The minimum absolute atomic E-state index is 0.174. The highest BCUT2D eigenvalue weighted by Gasteiger charge is 2.27. The van der Waals surface area contributed by atoms with Crippen molar-refractivity contribution in [2.24, 2.45) is 11.7 Å². The minimum atomic E-state index is 0.174.